The summed E-state index contributed by atoms with van der Waals surface area (Å²) in [6, 6.07) is 18.6. The van der Waals surface area contributed by atoms with Crippen LogP contribution in [0.3, 0.4) is 0 Å². The van der Waals surface area contributed by atoms with Gasteiger partial charge < -0.3 is 20.0 Å². The van der Waals surface area contributed by atoms with E-state index in [0.29, 0.717) is 46.5 Å². The van der Waals surface area contributed by atoms with Crippen LogP contribution < -0.4 is 10.6 Å². The van der Waals surface area contributed by atoms with Gasteiger partial charge in [0, 0.05) is 49.6 Å². The molecular formula is C29H26FN3O4. The van der Waals surface area contributed by atoms with E-state index in [1.807, 2.05) is 30.3 Å². The SMILES string of the molecule is CNC(=O)c1c(-c2ccc(F)cc2)oc2ccc(-c3cccc(C(=O)N4CCC(NC(C)=O)C4)c3)cc12. The molecule has 188 valence electrons. The molecule has 1 aromatic heterocycles. The van der Waals surface area contributed by atoms with Crippen molar-refractivity contribution in [3.63, 3.8) is 0 Å². The first kappa shape index (κ1) is 24.2. The summed E-state index contributed by atoms with van der Waals surface area (Å²) in [5, 5.41) is 6.15. The van der Waals surface area contributed by atoms with Crippen molar-refractivity contribution in [3.8, 4) is 22.5 Å². The summed E-state index contributed by atoms with van der Waals surface area (Å²) in [6.07, 6.45) is 0.723. The van der Waals surface area contributed by atoms with Crippen molar-refractivity contribution in [1.29, 1.82) is 0 Å². The van der Waals surface area contributed by atoms with Crippen molar-refractivity contribution in [3.05, 3.63) is 83.7 Å². The Hall–Kier alpha value is -4.46. The standard InChI is InChI=1S/C29H26FN3O4/c1-17(34)32-23-12-13-33(16-23)29(36)21-5-3-4-19(14-21)20-8-11-25-24(15-20)26(28(35)31-2)27(37-25)18-6-9-22(30)10-7-18/h3-11,14-15,23H,12-13,16H2,1-2H3,(H,31,35)(H,32,34). The van der Waals surface area contributed by atoms with Crippen LogP contribution in [0.1, 0.15) is 34.1 Å². The number of likely N-dealkylation sites (tertiary alicyclic amines) is 1. The summed E-state index contributed by atoms with van der Waals surface area (Å²) in [6.45, 7) is 2.53. The van der Waals surface area contributed by atoms with Crippen LogP contribution >= 0.6 is 0 Å². The number of benzene rings is 3. The van der Waals surface area contributed by atoms with Gasteiger partial charge in [-0.2, -0.15) is 0 Å². The predicted molar refractivity (Wildman–Crippen MR) is 139 cm³/mol. The Morgan fingerprint density at radius 1 is 0.973 bits per heavy atom. The van der Waals surface area contributed by atoms with Crippen molar-refractivity contribution in [2.75, 3.05) is 20.1 Å². The number of carbonyl (C=O) groups excluding carboxylic acids is 3. The highest BCUT2D eigenvalue weighted by Gasteiger charge is 2.27. The number of rotatable bonds is 5. The lowest BCUT2D eigenvalue weighted by Crippen LogP contribution is -2.37. The van der Waals surface area contributed by atoms with Gasteiger partial charge in [-0.1, -0.05) is 18.2 Å². The summed E-state index contributed by atoms with van der Waals surface area (Å²) in [5.41, 5.74) is 3.66. The van der Waals surface area contributed by atoms with Crippen LogP contribution in [0.25, 0.3) is 33.4 Å². The second-order valence-corrected chi connectivity index (χ2v) is 9.12. The minimum Gasteiger partial charge on any atom is -0.455 e. The number of carbonyl (C=O) groups is 3. The van der Waals surface area contributed by atoms with Crippen LogP contribution in [0.2, 0.25) is 0 Å². The summed E-state index contributed by atoms with van der Waals surface area (Å²) >= 11 is 0. The molecule has 0 radical (unpaired) electrons. The summed E-state index contributed by atoms with van der Waals surface area (Å²) in [7, 11) is 1.55. The third-order valence-electron chi connectivity index (χ3n) is 6.57. The Morgan fingerprint density at radius 2 is 1.70 bits per heavy atom. The monoisotopic (exact) mass is 499 g/mol. The van der Waals surface area contributed by atoms with E-state index in [1.165, 1.54) is 19.1 Å². The second kappa shape index (κ2) is 9.89. The fourth-order valence-electron chi connectivity index (χ4n) is 4.80. The smallest absolute Gasteiger partial charge is 0.255 e. The number of furan rings is 1. The molecule has 1 unspecified atom stereocenters. The van der Waals surface area contributed by atoms with E-state index < -0.39 is 0 Å². The van der Waals surface area contributed by atoms with Gasteiger partial charge in [-0.05, 0) is 66.1 Å². The van der Waals surface area contributed by atoms with Crippen molar-refractivity contribution in [2.24, 2.45) is 0 Å². The molecule has 1 aliphatic rings. The molecule has 37 heavy (non-hydrogen) atoms. The number of nitrogens with one attached hydrogen (secondary N) is 2. The van der Waals surface area contributed by atoms with Gasteiger partial charge in [0.2, 0.25) is 5.91 Å². The van der Waals surface area contributed by atoms with Crippen LogP contribution in [0.5, 0.6) is 0 Å². The molecule has 5 rings (SSSR count). The Labute approximate surface area is 213 Å². The molecule has 0 saturated carbocycles. The van der Waals surface area contributed by atoms with Crippen LogP contribution in [-0.4, -0.2) is 48.8 Å². The Bertz CT molecular complexity index is 1510. The van der Waals surface area contributed by atoms with E-state index in [-0.39, 0.29) is 29.6 Å². The predicted octanol–water partition coefficient (Wildman–Crippen LogP) is 4.62. The highest BCUT2D eigenvalue weighted by atomic mass is 19.1. The molecule has 1 atom stereocenters. The Balaban J connectivity index is 1.49. The van der Waals surface area contributed by atoms with Crippen molar-refractivity contribution < 1.29 is 23.2 Å². The van der Waals surface area contributed by atoms with E-state index in [2.05, 4.69) is 10.6 Å². The topological polar surface area (TPSA) is 91.7 Å². The van der Waals surface area contributed by atoms with Gasteiger partial charge in [-0.15, -0.1) is 0 Å². The third kappa shape index (κ3) is 4.82. The average Bonchev–Trinajstić information content (AvgIpc) is 3.52. The molecule has 0 bridgehead atoms. The number of hydrogen-bond acceptors (Lipinski definition) is 4. The highest BCUT2D eigenvalue weighted by Crippen LogP contribution is 2.36. The molecule has 7 nitrogen and oxygen atoms in total. The van der Waals surface area contributed by atoms with Gasteiger partial charge in [-0.25, -0.2) is 4.39 Å². The molecular weight excluding hydrogens is 473 g/mol. The van der Waals surface area contributed by atoms with Crippen LogP contribution in [0, 0.1) is 5.82 Å². The van der Waals surface area contributed by atoms with Crippen molar-refractivity contribution >= 4 is 28.7 Å². The van der Waals surface area contributed by atoms with Gasteiger partial charge in [-0.3, -0.25) is 14.4 Å². The zero-order chi connectivity index (χ0) is 26.1. The minimum atomic E-state index is -0.377. The normalized spacial score (nSPS) is 15.1. The zero-order valence-corrected chi connectivity index (χ0v) is 20.5. The summed E-state index contributed by atoms with van der Waals surface area (Å²) in [4.78, 5) is 39.1. The van der Waals surface area contributed by atoms with Gasteiger partial charge in [0.05, 0.1) is 5.56 Å². The molecule has 8 heteroatoms. The first-order valence-electron chi connectivity index (χ1n) is 12.1. The zero-order valence-electron chi connectivity index (χ0n) is 20.5. The number of halogens is 1. The lowest BCUT2D eigenvalue weighted by molar-refractivity contribution is -0.119. The lowest BCUT2D eigenvalue weighted by atomic mass is 9.99. The van der Waals surface area contributed by atoms with Crippen molar-refractivity contribution in [1.82, 2.24) is 15.5 Å². The maximum Gasteiger partial charge on any atom is 0.255 e. The molecule has 2 N–H and O–H groups in total. The highest BCUT2D eigenvalue weighted by molar-refractivity contribution is 6.11. The largest absolute Gasteiger partial charge is 0.455 e. The molecule has 0 aliphatic carbocycles. The first-order valence-corrected chi connectivity index (χ1v) is 12.1. The van der Waals surface area contributed by atoms with E-state index in [0.717, 1.165) is 17.5 Å². The summed E-state index contributed by atoms with van der Waals surface area (Å²) < 4.78 is 19.5. The van der Waals surface area contributed by atoms with Crippen LogP contribution in [0.15, 0.2) is 71.1 Å². The summed E-state index contributed by atoms with van der Waals surface area (Å²) in [5.74, 6) is -0.531. The molecule has 1 saturated heterocycles. The van der Waals surface area contributed by atoms with E-state index in [1.54, 1.807) is 36.2 Å². The molecule has 2 heterocycles. The third-order valence-corrected chi connectivity index (χ3v) is 6.57. The first-order chi connectivity index (χ1) is 17.8. The lowest BCUT2D eigenvalue weighted by Gasteiger charge is -2.17. The number of hydrogen-bond donors (Lipinski definition) is 2. The Kier molecular flexibility index (Phi) is 6.48. The molecule has 1 fully saturated rings. The van der Waals surface area contributed by atoms with E-state index in [4.69, 9.17) is 4.42 Å². The van der Waals surface area contributed by atoms with Gasteiger partial charge in [0.1, 0.15) is 17.2 Å². The molecule has 4 aromatic rings. The average molecular weight is 500 g/mol. The second-order valence-electron chi connectivity index (χ2n) is 9.12. The Morgan fingerprint density at radius 3 is 2.43 bits per heavy atom. The maximum atomic E-state index is 13.5. The maximum absolute atomic E-state index is 13.5. The van der Waals surface area contributed by atoms with Gasteiger partial charge in [0.25, 0.3) is 11.8 Å². The molecule has 3 amide bonds. The number of amides is 3. The van der Waals surface area contributed by atoms with Gasteiger partial charge >= 0.3 is 0 Å². The number of nitrogens with zero attached hydrogens (tertiary/aromatic N) is 1. The fourth-order valence-corrected chi connectivity index (χ4v) is 4.80. The van der Waals surface area contributed by atoms with E-state index in [9.17, 15) is 18.8 Å². The van der Waals surface area contributed by atoms with Gasteiger partial charge in [0.15, 0.2) is 0 Å². The fraction of sp³-hybridized carbons (Fsp3) is 0.207. The molecule has 0 spiro atoms. The van der Waals surface area contributed by atoms with Crippen LogP contribution in [0.4, 0.5) is 4.39 Å². The van der Waals surface area contributed by atoms with Crippen LogP contribution in [-0.2, 0) is 4.79 Å². The van der Waals surface area contributed by atoms with Crippen molar-refractivity contribution in [2.45, 2.75) is 19.4 Å². The molecule has 1 aliphatic heterocycles. The number of fused-ring (bicyclic) bond motifs is 1. The molecule has 3 aromatic carbocycles. The minimum absolute atomic E-state index is 0.0356. The quantitative estimate of drug-likeness (QED) is 0.419. The van der Waals surface area contributed by atoms with E-state index >= 15 is 0 Å².